The van der Waals surface area contributed by atoms with Gasteiger partial charge in [0.15, 0.2) is 0 Å². The highest BCUT2D eigenvalue weighted by Gasteiger charge is 2.53. The molecule has 2 aliphatic carbocycles. The van der Waals surface area contributed by atoms with Crippen molar-refractivity contribution >= 4 is 68.2 Å². The molecule has 12 aromatic carbocycles. The molecule has 0 aliphatic heterocycles. The molecule has 4 heteroatoms. The van der Waals surface area contributed by atoms with Gasteiger partial charge < -0.3 is 19.6 Å². The molecule has 0 saturated heterocycles. The quantitative estimate of drug-likeness (QED) is 0.0598. The molecule has 0 radical (unpaired) electrons. The minimum atomic E-state index is -0.856. The number of aryl methyl sites for hydroxylation is 8. The molecule has 97 heavy (non-hydrogen) atoms. The first-order valence-corrected chi connectivity index (χ1v) is 35.9. The summed E-state index contributed by atoms with van der Waals surface area (Å²) in [6.45, 7) is 17.9. The van der Waals surface area contributed by atoms with Gasteiger partial charge in [0.1, 0.15) is 0 Å². The molecule has 0 fully saturated rings. The van der Waals surface area contributed by atoms with E-state index in [1.807, 2.05) is 0 Å². The molecule has 14 rings (SSSR count). The van der Waals surface area contributed by atoms with Crippen LogP contribution in [-0.2, 0) is 31.1 Å². The molecular formula is C93H92N4. The van der Waals surface area contributed by atoms with E-state index in [4.69, 9.17) is 0 Å². The van der Waals surface area contributed by atoms with Gasteiger partial charge in [0.2, 0.25) is 0 Å². The Hall–Kier alpha value is -10.2. The zero-order chi connectivity index (χ0) is 66.6. The third-order valence-electron chi connectivity index (χ3n) is 20.5. The lowest BCUT2D eigenvalue weighted by Crippen LogP contribution is -2.27. The Labute approximate surface area is 578 Å². The van der Waals surface area contributed by atoms with Gasteiger partial charge in [0, 0.05) is 68.2 Å². The highest BCUT2D eigenvalue weighted by Crippen LogP contribution is 2.65. The number of unbranched alkanes of at least 4 members (excludes halogenated alkanes) is 4. The summed E-state index contributed by atoms with van der Waals surface area (Å²) < 4.78 is 0. The Morgan fingerprint density at radius 3 is 0.546 bits per heavy atom. The second-order valence-corrected chi connectivity index (χ2v) is 27.4. The monoisotopic (exact) mass is 1260 g/mol. The van der Waals surface area contributed by atoms with E-state index in [2.05, 4.69) is 342 Å². The van der Waals surface area contributed by atoms with E-state index >= 15 is 0 Å². The fourth-order valence-electron chi connectivity index (χ4n) is 15.1. The number of anilines is 12. The Kier molecular flexibility index (Phi) is 18.7. The standard InChI is InChI=1S/C93H92N4/c1-9-13-17-69-29-45-77(46-30-69)96(78-47-31-70(32-48-78)18-14-10-2)83-55-59-87-85-57-53-81(94(73-37-21-65(5)22-38-73)74-39-23-66(6)24-40-74)61-89(85)93(91(87)63-83)90-62-82(95(75-41-25-67(7)26-42-75)76-43-27-68(8)28-44-76)54-58-86(90)88-60-56-84(64-92(88)93)97(79-49-33-71(34-50-79)19-15-11-3)80-51-35-72(36-52-80)20-16-12-4/h21-64H,9-20H2,1-8H3. The number of rotatable bonds is 24. The smallest absolute Gasteiger partial charge is 0.0728 e. The number of fused-ring (bicyclic) bond motifs is 10. The van der Waals surface area contributed by atoms with E-state index in [1.54, 1.807) is 0 Å². The highest BCUT2D eigenvalue weighted by molar-refractivity contribution is 6.00. The molecule has 0 unspecified atom stereocenters. The van der Waals surface area contributed by atoms with Crippen molar-refractivity contribution in [3.8, 4) is 22.3 Å². The molecule has 0 heterocycles. The third-order valence-corrected chi connectivity index (χ3v) is 20.5. The summed E-state index contributed by atoms with van der Waals surface area (Å²) in [6.07, 6.45) is 13.6. The van der Waals surface area contributed by atoms with Crippen LogP contribution in [-0.4, -0.2) is 0 Å². The SMILES string of the molecule is CCCCc1ccc(N(c2ccc(CCCC)cc2)c2ccc3c(c2)C2(c4cc(N(c5ccc(C)cc5)c5ccc(C)cc5)ccc4-3)c3cc(N(c4ccc(C)cc4)c4ccc(C)cc4)ccc3-c3ccc(N(c4ccc(CCCC)cc4)c4ccc(CCCC)cc4)cc32)cc1. The lowest BCUT2D eigenvalue weighted by molar-refractivity contribution is 0.793. The van der Waals surface area contributed by atoms with Gasteiger partial charge in [0.05, 0.1) is 5.41 Å². The second-order valence-electron chi connectivity index (χ2n) is 27.4. The van der Waals surface area contributed by atoms with Crippen molar-refractivity contribution in [1.29, 1.82) is 0 Å². The summed E-state index contributed by atoms with van der Waals surface area (Å²) in [5.74, 6) is 0. The average Bonchev–Trinajstić information content (AvgIpc) is 1.51. The zero-order valence-corrected chi connectivity index (χ0v) is 58.2. The van der Waals surface area contributed by atoms with Crippen LogP contribution in [0.3, 0.4) is 0 Å². The molecule has 4 nitrogen and oxygen atoms in total. The Bertz CT molecular complexity index is 4180. The van der Waals surface area contributed by atoms with E-state index in [1.165, 1.54) is 115 Å². The molecule has 0 N–H and O–H groups in total. The van der Waals surface area contributed by atoms with Crippen molar-refractivity contribution < 1.29 is 0 Å². The molecule has 0 atom stereocenters. The number of hydrogen-bond donors (Lipinski definition) is 0. The van der Waals surface area contributed by atoms with Gasteiger partial charge in [-0.05, 0) is 291 Å². The number of hydrogen-bond acceptors (Lipinski definition) is 4. The second kappa shape index (κ2) is 28.3. The van der Waals surface area contributed by atoms with Gasteiger partial charge >= 0.3 is 0 Å². The summed E-state index contributed by atoms with van der Waals surface area (Å²) >= 11 is 0. The van der Waals surface area contributed by atoms with E-state index in [9.17, 15) is 0 Å². The maximum atomic E-state index is 2.58. The maximum Gasteiger partial charge on any atom is 0.0728 e. The number of nitrogens with zero attached hydrogens (tertiary/aromatic N) is 4. The molecule has 0 amide bonds. The van der Waals surface area contributed by atoms with Gasteiger partial charge in [-0.2, -0.15) is 0 Å². The fraction of sp³-hybridized carbons (Fsp3) is 0.226. The molecule has 1 spiro atoms. The van der Waals surface area contributed by atoms with Crippen molar-refractivity contribution in [1.82, 2.24) is 0 Å². The molecule has 484 valence electrons. The topological polar surface area (TPSA) is 13.0 Å². The van der Waals surface area contributed by atoms with Crippen LogP contribution >= 0.6 is 0 Å². The fourth-order valence-corrected chi connectivity index (χ4v) is 15.1. The molecule has 0 saturated carbocycles. The Morgan fingerprint density at radius 2 is 0.371 bits per heavy atom. The van der Waals surface area contributed by atoms with Crippen LogP contribution in [0.15, 0.2) is 267 Å². The van der Waals surface area contributed by atoms with E-state index in [0.717, 1.165) is 120 Å². The van der Waals surface area contributed by atoms with Crippen LogP contribution in [0.4, 0.5) is 68.2 Å². The molecule has 0 bridgehead atoms. The van der Waals surface area contributed by atoms with Crippen molar-refractivity contribution in [2.75, 3.05) is 19.6 Å². The molecular weight excluding hydrogens is 1170 g/mol. The van der Waals surface area contributed by atoms with Gasteiger partial charge in [-0.1, -0.05) is 197 Å². The highest BCUT2D eigenvalue weighted by atomic mass is 15.2. The van der Waals surface area contributed by atoms with Gasteiger partial charge in [0.25, 0.3) is 0 Å². The van der Waals surface area contributed by atoms with Crippen molar-refractivity contribution in [3.63, 3.8) is 0 Å². The summed E-state index contributed by atoms with van der Waals surface area (Å²) in [4.78, 5) is 9.96. The van der Waals surface area contributed by atoms with Crippen molar-refractivity contribution in [3.05, 3.63) is 334 Å². The Morgan fingerprint density at radius 1 is 0.206 bits per heavy atom. The lowest BCUT2D eigenvalue weighted by atomic mass is 9.70. The van der Waals surface area contributed by atoms with E-state index in [-0.39, 0.29) is 0 Å². The first-order chi connectivity index (χ1) is 47.5. The van der Waals surface area contributed by atoms with E-state index < -0.39 is 5.41 Å². The predicted molar refractivity (Wildman–Crippen MR) is 415 cm³/mol. The molecule has 0 aromatic heterocycles. The van der Waals surface area contributed by atoms with E-state index in [0.29, 0.717) is 0 Å². The minimum absolute atomic E-state index is 0.856. The third kappa shape index (κ3) is 12.7. The van der Waals surface area contributed by atoms with Crippen LogP contribution in [0, 0.1) is 27.7 Å². The minimum Gasteiger partial charge on any atom is -0.310 e. The summed E-state index contributed by atoms with van der Waals surface area (Å²) in [7, 11) is 0. The van der Waals surface area contributed by atoms with Crippen molar-refractivity contribution in [2.24, 2.45) is 0 Å². The zero-order valence-electron chi connectivity index (χ0n) is 58.2. The summed E-state index contributed by atoms with van der Waals surface area (Å²) in [5, 5.41) is 0. The predicted octanol–water partition coefficient (Wildman–Crippen LogP) is 26.5. The van der Waals surface area contributed by atoms with Gasteiger partial charge in [-0.3, -0.25) is 0 Å². The largest absolute Gasteiger partial charge is 0.310 e. The molecule has 2 aliphatic rings. The maximum absolute atomic E-state index is 2.58. The first-order valence-electron chi connectivity index (χ1n) is 35.9. The van der Waals surface area contributed by atoms with Gasteiger partial charge in [-0.15, -0.1) is 0 Å². The number of benzene rings is 12. The normalized spacial score (nSPS) is 12.3. The summed E-state index contributed by atoms with van der Waals surface area (Å²) in [5.41, 5.74) is 32.9. The Balaban J connectivity index is 1.08. The lowest BCUT2D eigenvalue weighted by Gasteiger charge is -2.35. The van der Waals surface area contributed by atoms with Crippen LogP contribution in [0.2, 0.25) is 0 Å². The molecule has 12 aromatic rings. The van der Waals surface area contributed by atoms with Crippen molar-refractivity contribution in [2.45, 2.75) is 138 Å². The first kappa shape index (κ1) is 64.2. The van der Waals surface area contributed by atoms with Crippen LogP contribution in [0.25, 0.3) is 22.3 Å². The van der Waals surface area contributed by atoms with Crippen LogP contribution in [0.1, 0.15) is 146 Å². The average molecular weight is 1270 g/mol. The van der Waals surface area contributed by atoms with Crippen LogP contribution in [0.5, 0.6) is 0 Å². The van der Waals surface area contributed by atoms with Gasteiger partial charge in [-0.25, -0.2) is 0 Å². The summed E-state index contributed by atoms with van der Waals surface area (Å²) in [6, 6.07) is 104. The van der Waals surface area contributed by atoms with Crippen LogP contribution < -0.4 is 19.6 Å².